The molecule has 0 aliphatic carbocycles. The summed E-state index contributed by atoms with van der Waals surface area (Å²) in [5.74, 6) is 1.01. The van der Waals surface area contributed by atoms with Crippen LogP contribution in [-0.4, -0.2) is 35.0 Å². The van der Waals surface area contributed by atoms with Crippen LogP contribution in [0.3, 0.4) is 0 Å². The van der Waals surface area contributed by atoms with Crippen molar-refractivity contribution in [3.05, 3.63) is 48.2 Å². The van der Waals surface area contributed by atoms with Crippen LogP contribution >= 0.6 is 0 Å². The highest BCUT2D eigenvalue weighted by molar-refractivity contribution is 5.92. The van der Waals surface area contributed by atoms with Gasteiger partial charge in [0.25, 0.3) is 0 Å². The quantitative estimate of drug-likeness (QED) is 0.597. The van der Waals surface area contributed by atoms with Gasteiger partial charge in [-0.2, -0.15) is 5.10 Å². The number of carbonyl (C=O) groups is 1. The van der Waals surface area contributed by atoms with E-state index in [-0.39, 0.29) is 5.92 Å². The first-order valence-electron chi connectivity index (χ1n) is 9.94. The molecule has 0 radical (unpaired) electrons. The largest absolute Gasteiger partial charge is 0.492 e. The molecule has 154 valence electrons. The molecule has 3 aromatic rings. The predicted octanol–water partition coefficient (Wildman–Crippen LogP) is 5.26. The van der Waals surface area contributed by atoms with E-state index in [4.69, 9.17) is 9.47 Å². The van der Waals surface area contributed by atoms with E-state index in [2.05, 4.69) is 46.7 Å². The number of aromatic amines is 1. The Kier molecular flexibility index (Phi) is 6.11. The Labute approximate surface area is 171 Å². The summed E-state index contributed by atoms with van der Waals surface area (Å²) in [6.07, 6.45) is 1.40. The molecule has 6 heteroatoms. The van der Waals surface area contributed by atoms with Crippen molar-refractivity contribution >= 4 is 17.0 Å². The second-order valence-corrected chi connectivity index (χ2v) is 8.11. The lowest BCUT2D eigenvalue weighted by Crippen LogP contribution is -2.34. The van der Waals surface area contributed by atoms with Gasteiger partial charge >= 0.3 is 6.09 Å². The lowest BCUT2D eigenvalue weighted by Gasteiger charge is -2.21. The smallest absolute Gasteiger partial charge is 0.407 e. The first-order valence-corrected chi connectivity index (χ1v) is 9.94. The monoisotopic (exact) mass is 395 g/mol. The second kappa shape index (κ2) is 8.55. The molecule has 3 rings (SSSR count). The summed E-state index contributed by atoms with van der Waals surface area (Å²) in [6.45, 7) is 10.7. The Morgan fingerprint density at radius 3 is 2.55 bits per heavy atom. The predicted molar refractivity (Wildman–Crippen MR) is 115 cm³/mol. The Hall–Kier alpha value is -3.02. The van der Waals surface area contributed by atoms with Gasteiger partial charge in [-0.3, -0.25) is 5.10 Å². The molecule has 29 heavy (non-hydrogen) atoms. The maximum absolute atomic E-state index is 11.9. The van der Waals surface area contributed by atoms with E-state index < -0.39 is 11.7 Å². The number of nitrogens with one attached hydrogen (secondary N) is 2. The molecule has 1 atom stereocenters. The number of rotatable bonds is 6. The van der Waals surface area contributed by atoms with Gasteiger partial charge in [-0.15, -0.1) is 0 Å². The molecule has 1 aromatic heterocycles. The Morgan fingerprint density at radius 1 is 1.17 bits per heavy atom. The molecule has 0 bridgehead atoms. The minimum Gasteiger partial charge on any atom is -0.492 e. The van der Waals surface area contributed by atoms with Crippen LogP contribution in [0.5, 0.6) is 5.75 Å². The van der Waals surface area contributed by atoms with Crippen LogP contribution in [0.15, 0.2) is 42.6 Å². The first kappa shape index (κ1) is 20.7. The Balaban J connectivity index is 1.74. The summed E-state index contributed by atoms with van der Waals surface area (Å²) in [5, 5.41) is 10.9. The number of H-pyrrole nitrogens is 1. The van der Waals surface area contributed by atoms with Gasteiger partial charge in [0.05, 0.1) is 23.7 Å². The zero-order valence-electron chi connectivity index (χ0n) is 17.7. The minimum absolute atomic E-state index is 0.166. The van der Waals surface area contributed by atoms with Crippen molar-refractivity contribution in [1.82, 2.24) is 15.5 Å². The van der Waals surface area contributed by atoms with Crippen molar-refractivity contribution < 1.29 is 14.3 Å². The van der Waals surface area contributed by atoms with Gasteiger partial charge in [-0.1, -0.05) is 31.2 Å². The third-order valence-electron chi connectivity index (χ3n) is 4.61. The number of amides is 1. The Bertz CT molecular complexity index is 971. The molecule has 6 nitrogen and oxygen atoms in total. The summed E-state index contributed by atoms with van der Waals surface area (Å²) in [5.41, 5.74) is 3.71. The van der Waals surface area contributed by atoms with E-state index in [0.29, 0.717) is 13.2 Å². The van der Waals surface area contributed by atoms with Crippen LogP contribution in [0.1, 0.15) is 46.1 Å². The van der Waals surface area contributed by atoms with Gasteiger partial charge in [-0.25, -0.2) is 4.79 Å². The fourth-order valence-corrected chi connectivity index (χ4v) is 3.18. The zero-order valence-corrected chi connectivity index (χ0v) is 17.7. The lowest BCUT2D eigenvalue weighted by molar-refractivity contribution is 0.0525. The van der Waals surface area contributed by atoms with Crippen molar-refractivity contribution in [3.63, 3.8) is 0 Å². The van der Waals surface area contributed by atoms with Gasteiger partial charge in [0.2, 0.25) is 0 Å². The summed E-state index contributed by atoms with van der Waals surface area (Å²) in [7, 11) is 0. The second-order valence-electron chi connectivity index (χ2n) is 8.11. The van der Waals surface area contributed by atoms with Gasteiger partial charge in [0.15, 0.2) is 0 Å². The Morgan fingerprint density at radius 2 is 1.90 bits per heavy atom. The van der Waals surface area contributed by atoms with Gasteiger partial charge < -0.3 is 14.8 Å². The van der Waals surface area contributed by atoms with E-state index in [1.165, 1.54) is 0 Å². The van der Waals surface area contributed by atoms with Gasteiger partial charge in [-0.05, 0) is 56.9 Å². The molecule has 0 fully saturated rings. The van der Waals surface area contributed by atoms with Crippen molar-refractivity contribution in [2.75, 3.05) is 13.2 Å². The summed E-state index contributed by atoms with van der Waals surface area (Å²) >= 11 is 0. The van der Waals surface area contributed by atoms with E-state index in [1.54, 1.807) is 6.20 Å². The number of hydrogen-bond donors (Lipinski definition) is 2. The van der Waals surface area contributed by atoms with Crippen LogP contribution in [0.2, 0.25) is 0 Å². The SMILES string of the molecule is CCOc1c(-c2ccc(C(C)CNC(=O)OC(C)(C)C)cc2)ccc2[nH]ncc12. The topological polar surface area (TPSA) is 76.2 Å². The number of nitrogens with zero attached hydrogens (tertiary/aromatic N) is 1. The van der Waals surface area contributed by atoms with E-state index in [1.807, 2.05) is 39.8 Å². The molecule has 1 heterocycles. The number of hydrogen-bond acceptors (Lipinski definition) is 4. The third-order valence-corrected chi connectivity index (χ3v) is 4.61. The number of carbonyl (C=O) groups excluding carboxylic acids is 1. The fraction of sp³-hybridized carbons (Fsp3) is 0.391. The molecule has 0 spiro atoms. The van der Waals surface area contributed by atoms with Crippen molar-refractivity contribution in [1.29, 1.82) is 0 Å². The van der Waals surface area contributed by atoms with E-state index in [0.717, 1.165) is 33.3 Å². The van der Waals surface area contributed by atoms with Crippen LogP contribution in [0, 0.1) is 0 Å². The third kappa shape index (κ3) is 5.08. The van der Waals surface area contributed by atoms with Gasteiger partial charge in [0, 0.05) is 12.1 Å². The first-order chi connectivity index (χ1) is 13.8. The van der Waals surface area contributed by atoms with Crippen LogP contribution in [0.4, 0.5) is 4.79 Å². The van der Waals surface area contributed by atoms with Crippen LogP contribution in [0.25, 0.3) is 22.0 Å². The molecular weight excluding hydrogens is 366 g/mol. The average Bonchev–Trinajstić information content (AvgIpc) is 3.14. The zero-order chi connectivity index (χ0) is 21.0. The molecule has 1 amide bonds. The van der Waals surface area contributed by atoms with Crippen LogP contribution < -0.4 is 10.1 Å². The standard InChI is InChI=1S/C23H29N3O3/c1-6-28-21-18(11-12-20-19(21)14-25-26-20)17-9-7-16(8-10-17)15(2)13-24-22(27)29-23(3,4)5/h7-12,14-15H,6,13H2,1-5H3,(H,24,27)(H,25,26). The molecule has 0 aliphatic heterocycles. The van der Waals surface area contributed by atoms with Gasteiger partial charge in [0.1, 0.15) is 11.4 Å². The fourth-order valence-electron chi connectivity index (χ4n) is 3.18. The highest BCUT2D eigenvalue weighted by Crippen LogP contribution is 2.36. The average molecular weight is 396 g/mol. The number of aromatic nitrogens is 2. The molecule has 0 saturated carbocycles. The van der Waals surface area contributed by atoms with Crippen molar-refractivity contribution in [2.24, 2.45) is 0 Å². The normalized spacial score (nSPS) is 12.6. The molecule has 2 N–H and O–H groups in total. The summed E-state index contributed by atoms with van der Waals surface area (Å²) in [6, 6.07) is 12.4. The summed E-state index contributed by atoms with van der Waals surface area (Å²) in [4.78, 5) is 11.9. The highest BCUT2D eigenvalue weighted by Gasteiger charge is 2.17. The van der Waals surface area contributed by atoms with Crippen molar-refractivity contribution in [2.45, 2.75) is 46.1 Å². The molecular formula is C23H29N3O3. The number of ether oxygens (including phenoxy) is 2. The number of fused-ring (bicyclic) bond motifs is 1. The van der Waals surface area contributed by atoms with E-state index >= 15 is 0 Å². The molecule has 0 saturated heterocycles. The lowest BCUT2D eigenvalue weighted by atomic mass is 9.96. The van der Waals surface area contributed by atoms with E-state index in [9.17, 15) is 4.79 Å². The van der Waals surface area contributed by atoms with Crippen molar-refractivity contribution in [3.8, 4) is 16.9 Å². The van der Waals surface area contributed by atoms with Crippen LogP contribution in [-0.2, 0) is 4.74 Å². The highest BCUT2D eigenvalue weighted by atomic mass is 16.6. The minimum atomic E-state index is -0.497. The summed E-state index contributed by atoms with van der Waals surface area (Å²) < 4.78 is 11.2. The molecule has 2 aromatic carbocycles. The number of alkyl carbamates (subject to hydrolysis) is 1. The molecule has 0 aliphatic rings. The maximum Gasteiger partial charge on any atom is 0.407 e. The maximum atomic E-state index is 11.9. The molecule has 1 unspecified atom stereocenters. The number of benzene rings is 2.